The molecule has 0 heterocycles. The summed E-state index contributed by atoms with van der Waals surface area (Å²) in [5.41, 5.74) is -0.329. The molecule has 0 saturated heterocycles. The van der Waals surface area contributed by atoms with Crippen LogP contribution in [0.5, 0.6) is 0 Å². The van der Waals surface area contributed by atoms with Crippen molar-refractivity contribution in [2.75, 3.05) is 6.61 Å². The number of rotatable bonds is 9. The zero-order valence-corrected chi connectivity index (χ0v) is 14.8. The monoisotopic (exact) mass is 329 g/mol. The lowest BCUT2D eigenvalue weighted by Crippen LogP contribution is -2.47. The van der Waals surface area contributed by atoms with Gasteiger partial charge in [0.15, 0.2) is 0 Å². The van der Waals surface area contributed by atoms with Crippen LogP contribution in [0.15, 0.2) is 0 Å². The summed E-state index contributed by atoms with van der Waals surface area (Å²) in [6, 6.07) is -0.953. The standard InChI is InChI=1S/C17H31NO5/c1-5-14(23-12-8-6-7-9-12)15(19)18-13(16(20)21)10-11-22-17(2,3)4/h12-14H,5-11H2,1-4H3,(H,18,19)(H,20,21). The van der Waals surface area contributed by atoms with Crippen LogP contribution < -0.4 is 5.32 Å². The Balaban J connectivity index is 2.48. The van der Waals surface area contributed by atoms with Crippen molar-refractivity contribution in [3.63, 3.8) is 0 Å². The normalized spacial score (nSPS) is 18.6. The number of carboxylic acids is 1. The molecule has 1 amide bonds. The van der Waals surface area contributed by atoms with E-state index in [-0.39, 0.29) is 30.6 Å². The van der Waals surface area contributed by atoms with Crippen LogP contribution in [0.3, 0.4) is 0 Å². The van der Waals surface area contributed by atoms with Crippen molar-refractivity contribution < 1.29 is 24.2 Å². The highest BCUT2D eigenvalue weighted by atomic mass is 16.5. The summed E-state index contributed by atoms with van der Waals surface area (Å²) in [6.45, 7) is 7.87. The number of hydrogen-bond donors (Lipinski definition) is 2. The highest BCUT2D eigenvalue weighted by molar-refractivity contribution is 5.86. The lowest BCUT2D eigenvalue weighted by Gasteiger charge is -2.24. The summed E-state index contributed by atoms with van der Waals surface area (Å²) in [4.78, 5) is 23.6. The third-order valence-corrected chi connectivity index (χ3v) is 3.88. The zero-order chi connectivity index (χ0) is 17.5. The summed E-state index contributed by atoms with van der Waals surface area (Å²) in [5, 5.41) is 11.9. The van der Waals surface area contributed by atoms with Gasteiger partial charge < -0.3 is 19.9 Å². The van der Waals surface area contributed by atoms with Gasteiger partial charge in [0.25, 0.3) is 0 Å². The lowest BCUT2D eigenvalue weighted by molar-refractivity contribution is -0.146. The van der Waals surface area contributed by atoms with E-state index in [1.165, 1.54) is 0 Å². The molecule has 1 aliphatic rings. The third-order valence-electron chi connectivity index (χ3n) is 3.88. The molecular weight excluding hydrogens is 298 g/mol. The molecule has 2 atom stereocenters. The molecule has 0 aromatic carbocycles. The van der Waals surface area contributed by atoms with Gasteiger partial charge in [-0.15, -0.1) is 0 Å². The second-order valence-electron chi connectivity index (χ2n) is 7.09. The highest BCUT2D eigenvalue weighted by Crippen LogP contribution is 2.23. The molecule has 1 rings (SSSR count). The summed E-state index contributed by atoms with van der Waals surface area (Å²) in [5.74, 6) is -1.39. The van der Waals surface area contributed by atoms with E-state index in [0.717, 1.165) is 25.7 Å². The largest absolute Gasteiger partial charge is 0.480 e. The summed E-state index contributed by atoms with van der Waals surface area (Å²) in [7, 11) is 0. The van der Waals surface area contributed by atoms with Crippen molar-refractivity contribution in [1.29, 1.82) is 0 Å². The molecule has 6 nitrogen and oxygen atoms in total. The van der Waals surface area contributed by atoms with Crippen molar-refractivity contribution in [3.05, 3.63) is 0 Å². The van der Waals surface area contributed by atoms with Crippen molar-refractivity contribution in [2.45, 2.75) is 90.1 Å². The Labute approximate surface area is 138 Å². The average molecular weight is 329 g/mol. The fourth-order valence-corrected chi connectivity index (χ4v) is 2.61. The molecule has 1 aliphatic carbocycles. The molecule has 6 heteroatoms. The van der Waals surface area contributed by atoms with E-state index in [0.29, 0.717) is 6.42 Å². The SMILES string of the molecule is CCC(OC1CCCC1)C(=O)NC(CCOC(C)(C)C)C(=O)O. The molecule has 23 heavy (non-hydrogen) atoms. The molecule has 0 aliphatic heterocycles. The average Bonchev–Trinajstić information content (AvgIpc) is 2.94. The van der Waals surface area contributed by atoms with Gasteiger partial charge >= 0.3 is 5.97 Å². The molecule has 0 bridgehead atoms. The van der Waals surface area contributed by atoms with Gasteiger partial charge in [0.2, 0.25) is 5.91 Å². The Morgan fingerprint density at radius 1 is 1.26 bits per heavy atom. The molecule has 0 aromatic heterocycles. The second kappa shape index (κ2) is 9.23. The fourth-order valence-electron chi connectivity index (χ4n) is 2.61. The van der Waals surface area contributed by atoms with Gasteiger partial charge in [0.1, 0.15) is 12.1 Å². The molecular formula is C17H31NO5. The Bertz CT molecular complexity index is 385. The van der Waals surface area contributed by atoms with Gasteiger partial charge in [-0.3, -0.25) is 4.79 Å². The molecule has 0 spiro atoms. The van der Waals surface area contributed by atoms with E-state index in [9.17, 15) is 14.7 Å². The number of hydrogen-bond acceptors (Lipinski definition) is 4. The molecule has 1 fully saturated rings. The predicted octanol–water partition coefficient (Wildman–Crippen LogP) is 2.50. The first-order chi connectivity index (χ1) is 10.7. The minimum Gasteiger partial charge on any atom is -0.480 e. The third kappa shape index (κ3) is 7.79. The van der Waals surface area contributed by atoms with Gasteiger partial charge in [0.05, 0.1) is 11.7 Å². The van der Waals surface area contributed by atoms with Gasteiger partial charge in [-0.05, 0) is 40.0 Å². The summed E-state index contributed by atoms with van der Waals surface area (Å²) < 4.78 is 11.4. The lowest BCUT2D eigenvalue weighted by atomic mass is 10.1. The molecule has 1 saturated carbocycles. The van der Waals surface area contributed by atoms with Crippen molar-refractivity contribution >= 4 is 11.9 Å². The molecule has 0 aromatic rings. The minimum atomic E-state index is -1.05. The van der Waals surface area contributed by atoms with E-state index in [2.05, 4.69) is 5.32 Å². The fraction of sp³-hybridized carbons (Fsp3) is 0.882. The van der Waals surface area contributed by atoms with Crippen LogP contribution in [-0.2, 0) is 19.1 Å². The first-order valence-corrected chi connectivity index (χ1v) is 8.55. The van der Waals surface area contributed by atoms with Gasteiger partial charge in [-0.25, -0.2) is 4.79 Å². The number of aliphatic carboxylic acids is 1. The van der Waals surface area contributed by atoms with Crippen LogP contribution in [-0.4, -0.2) is 47.4 Å². The van der Waals surface area contributed by atoms with Crippen molar-refractivity contribution in [3.8, 4) is 0 Å². The van der Waals surface area contributed by atoms with E-state index in [1.807, 2.05) is 27.7 Å². The van der Waals surface area contributed by atoms with E-state index in [4.69, 9.17) is 9.47 Å². The Hall–Kier alpha value is -1.14. The summed E-state index contributed by atoms with van der Waals surface area (Å²) in [6.07, 6.45) is 4.53. The van der Waals surface area contributed by atoms with Gasteiger partial charge in [0, 0.05) is 13.0 Å². The summed E-state index contributed by atoms with van der Waals surface area (Å²) >= 11 is 0. The van der Waals surface area contributed by atoms with Crippen LogP contribution in [0.2, 0.25) is 0 Å². The van der Waals surface area contributed by atoms with Crippen LogP contribution in [0.4, 0.5) is 0 Å². The predicted molar refractivity (Wildman–Crippen MR) is 87.3 cm³/mol. The van der Waals surface area contributed by atoms with E-state index < -0.39 is 18.1 Å². The maximum absolute atomic E-state index is 12.3. The number of carbonyl (C=O) groups is 2. The maximum atomic E-state index is 12.3. The Morgan fingerprint density at radius 2 is 1.87 bits per heavy atom. The topological polar surface area (TPSA) is 84.9 Å². The van der Waals surface area contributed by atoms with E-state index in [1.54, 1.807) is 0 Å². The van der Waals surface area contributed by atoms with Crippen LogP contribution >= 0.6 is 0 Å². The molecule has 0 radical (unpaired) electrons. The number of amides is 1. The van der Waals surface area contributed by atoms with Crippen molar-refractivity contribution in [2.24, 2.45) is 0 Å². The van der Waals surface area contributed by atoms with E-state index >= 15 is 0 Å². The second-order valence-corrected chi connectivity index (χ2v) is 7.09. The first kappa shape index (κ1) is 19.9. The van der Waals surface area contributed by atoms with Crippen LogP contribution in [0.25, 0.3) is 0 Å². The van der Waals surface area contributed by atoms with Crippen LogP contribution in [0, 0.1) is 0 Å². The molecule has 134 valence electrons. The van der Waals surface area contributed by atoms with Crippen LogP contribution in [0.1, 0.15) is 66.2 Å². The van der Waals surface area contributed by atoms with Crippen molar-refractivity contribution in [1.82, 2.24) is 5.32 Å². The van der Waals surface area contributed by atoms with Gasteiger partial charge in [-0.2, -0.15) is 0 Å². The minimum absolute atomic E-state index is 0.123. The Morgan fingerprint density at radius 3 is 2.35 bits per heavy atom. The first-order valence-electron chi connectivity index (χ1n) is 8.55. The number of nitrogens with one attached hydrogen (secondary N) is 1. The number of ether oxygens (including phenoxy) is 2. The quantitative estimate of drug-likeness (QED) is 0.679. The Kier molecular flexibility index (Phi) is 7.99. The number of carbonyl (C=O) groups excluding carboxylic acids is 1. The maximum Gasteiger partial charge on any atom is 0.326 e. The molecule has 2 N–H and O–H groups in total. The zero-order valence-electron chi connectivity index (χ0n) is 14.8. The number of carboxylic acid groups (broad SMARTS) is 1. The molecule has 2 unspecified atom stereocenters. The van der Waals surface area contributed by atoms with Gasteiger partial charge in [-0.1, -0.05) is 19.8 Å². The smallest absolute Gasteiger partial charge is 0.326 e. The highest BCUT2D eigenvalue weighted by Gasteiger charge is 2.28.